The topological polar surface area (TPSA) is 63.1 Å². The fourth-order valence-corrected chi connectivity index (χ4v) is 3.09. The zero-order valence-electron chi connectivity index (χ0n) is 16.7. The van der Waals surface area contributed by atoms with E-state index in [-0.39, 0.29) is 11.9 Å². The number of rotatable bonds is 8. The number of hydrogen-bond acceptors (Lipinski definition) is 4. The molecule has 1 N–H and O–H groups in total. The first-order valence-electron chi connectivity index (χ1n) is 9.67. The average molecular weight is 377 g/mol. The Kier molecular flexibility index (Phi) is 6.55. The van der Waals surface area contributed by atoms with Gasteiger partial charge >= 0.3 is 0 Å². The van der Waals surface area contributed by atoms with E-state index in [1.165, 1.54) is 11.9 Å². The van der Waals surface area contributed by atoms with Crippen LogP contribution in [-0.4, -0.2) is 38.7 Å². The van der Waals surface area contributed by atoms with Crippen molar-refractivity contribution in [3.63, 3.8) is 0 Å². The van der Waals surface area contributed by atoms with Gasteiger partial charge in [0, 0.05) is 12.1 Å². The first-order valence-corrected chi connectivity index (χ1v) is 9.67. The normalized spacial score (nSPS) is 12.1. The van der Waals surface area contributed by atoms with Gasteiger partial charge in [0.25, 0.3) is 5.91 Å². The first-order chi connectivity index (χ1) is 13.6. The third kappa shape index (κ3) is 4.84. The molecule has 0 aliphatic rings. The fraction of sp³-hybridized carbons (Fsp3) is 0.318. The molecule has 0 saturated carbocycles. The van der Waals surface area contributed by atoms with Gasteiger partial charge in [-0.25, -0.2) is 9.67 Å². The van der Waals surface area contributed by atoms with Crippen LogP contribution >= 0.6 is 0 Å². The molecule has 1 aromatic heterocycles. The second-order valence-corrected chi connectivity index (χ2v) is 6.79. The lowest BCUT2D eigenvalue weighted by molar-refractivity contribution is 0.0940. The molecule has 2 aromatic carbocycles. The van der Waals surface area contributed by atoms with Crippen molar-refractivity contribution in [1.29, 1.82) is 0 Å². The SMILES string of the molecule is CCN(CC)Cc1ccc(C(=O)NC(C)c2ccc(-n3cncn3)cc2)cc1. The van der Waals surface area contributed by atoms with Crippen LogP contribution in [0.2, 0.25) is 0 Å². The second-order valence-electron chi connectivity index (χ2n) is 6.79. The van der Waals surface area contributed by atoms with Crippen molar-refractivity contribution in [3.8, 4) is 5.69 Å². The van der Waals surface area contributed by atoms with Gasteiger partial charge in [-0.05, 0) is 55.4 Å². The van der Waals surface area contributed by atoms with Crippen LogP contribution in [0.3, 0.4) is 0 Å². The highest BCUT2D eigenvalue weighted by molar-refractivity contribution is 5.94. The number of benzene rings is 2. The largest absolute Gasteiger partial charge is 0.346 e. The molecule has 0 aliphatic heterocycles. The number of nitrogens with zero attached hydrogens (tertiary/aromatic N) is 4. The maximum Gasteiger partial charge on any atom is 0.251 e. The monoisotopic (exact) mass is 377 g/mol. The molecule has 0 fully saturated rings. The van der Waals surface area contributed by atoms with Crippen molar-refractivity contribution in [2.24, 2.45) is 0 Å². The van der Waals surface area contributed by atoms with E-state index in [1.54, 1.807) is 11.0 Å². The van der Waals surface area contributed by atoms with E-state index in [4.69, 9.17) is 0 Å². The molecule has 28 heavy (non-hydrogen) atoms. The van der Waals surface area contributed by atoms with Crippen LogP contribution in [0.1, 0.15) is 48.3 Å². The van der Waals surface area contributed by atoms with Crippen molar-refractivity contribution in [3.05, 3.63) is 77.9 Å². The molecule has 1 amide bonds. The number of carbonyl (C=O) groups is 1. The predicted octanol–water partition coefficient (Wildman–Crippen LogP) is 3.60. The van der Waals surface area contributed by atoms with Gasteiger partial charge in [0.1, 0.15) is 12.7 Å². The predicted molar refractivity (Wildman–Crippen MR) is 110 cm³/mol. The van der Waals surface area contributed by atoms with E-state index in [1.807, 2.05) is 55.5 Å². The molecule has 3 rings (SSSR count). The van der Waals surface area contributed by atoms with Crippen LogP contribution in [0.15, 0.2) is 61.2 Å². The number of aromatic nitrogens is 3. The van der Waals surface area contributed by atoms with Crippen LogP contribution in [0.4, 0.5) is 0 Å². The van der Waals surface area contributed by atoms with Crippen molar-refractivity contribution >= 4 is 5.91 Å². The first kappa shape index (κ1) is 19.8. The Balaban J connectivity index is 1.60. The highest BCUT2D eigenvalue weighted by atomic mass is 16.1. The summed E-state index contributed by atoms with van der Waals surface area (Å²) in [7, 11) is 0. The number of carbonyl (C=O) groups excluding carboxylic acids is 1. The minimum Gasteiger partial charge on any atom is -0.346 e. The summed E-state index contributed by atoms with van der Waals surface area (Å²) in [4.78, 5) is 18.9. The van der Waals surface area contributed by atoms with Gasteiger partial charge in [-0.2, -0.15) is 5.10 Å². The molecule has 0 radical (unpaired) electrons. The Hall–Kier alpha value is -2.99. The van der Waals surface area contributed by atoms with Crippen LogP contribution in [0.5, 0.6) is 0 Å². The van der Waals surface area contributed by atoms with E-state index in [0.717, 1.165) is 30.9 Å². The summed E-state index contributed by atoms with van der Waals surface area (Å²) in [6.07, 6.45) is 3.16. The third-order valence-electron chi connectivity index (χ3n) is 4.94. The Bertz CT molecular complexity index is 868. The van der Waals surface area contributed by atoms with Crippen LogP contribution < -0.4 is 5.32 Å². The summed E-state index contributed by atoms with van der Waals surface area (Å²) in [5.41, 5.74) is 3.87. The van der Waals surface area contributed by atoms with E-state index in [9.17, 15) is 4.79 Å². The average Bonchev–Trinajstić information content (AvgIpc) is 3.27. The summed E-state index contributed by atoms with van der Waals surface area (Å²) in [5.74, 6) is -0.0674. The van der Waals surface area contributed by atoms with Gasteiger partial charge < -0.3 is 5.32 Å². The van der Waals surface area contributed by atoms with E-state index < -0.39 is 0 Å². The summed E-state index contributed by atoms with van der Waals surface area (Å²) in [6.45, 7) is 9.24. The quantitative estimate of drug-likeness (QED) is 0.651. The fourth-order valence-electron chi connectivity index (χ4n) is 3.09. The van der Waals surface area contributed by atoms with Crippen LogP contribution in [-0.2, 0) is 6.54 Å². The van der Waals surface area contributed by atoms with Crippen LogP contribution in [0.25, 0.3) is 5.69 Å². The van der Waals surface area contributed by atoms with E-state index >= 15 is 0 Å². The summed E-state index contributed by atoms with van der Waals surface area (Å²) < 4.78 is 1.70. The summed E-state index contributed by atoms with van der Waals surface area (Å²) in [6, 6.07) is 15.7. The molecule has 0 bridgehead atoms. The Morgan fingerprint density at radius 2 is 1.75 bits per heavy atom. The lowest BCUT2D eigenvalue weighted by Crippen LogP contribution is -2.26. The van der Waals surface area contributed by atoms with Crippen molar-refractivity contribution < 1.29 is 4.79 Å². The van der Waals surface area contributed by atoms with Gasteiger partial charge in [-0.15, -0.1) is 0 Å². The van der Waals surface area contributed by atoms with Crippen molar-refractivity contribution in [2.45, 2.75) is 33.4 Å². The van der Waals surface area contributed by atoms with Gasteiger partial charge in [0.15, 0.2) is 0 Å². The maximum absolute atomic E-state index is 12.6. The summed E-state index contributed by atoms with van der Waals surface area (Å²) >= 11 is 0. The van der Waals surface area contributed by atoms with Gasteiger partial charge in [0.05, 0.1) is 11.7 Å². The number of amides is 1. The Morgan fingerprint density at radius 1 is 1.07 bits per heavy atom. The Labute approximate surface area is 166 Å². The van der Waals surface area contributed by atoms with E-state index in [2.05, 4.69) is 34.1 Å². The lowest BCUT2D eigenvalue weighted by Gasteiger charge is -2.18. The molecule has 1 heterocycles. The number of hydrogen-bond donors (Lipinski definition) is 1. The van der Waals surface area contributed by atoms with E-state index in [0.29, 0.717) is 5.56 Å². The zero-order chi connectivity index (χ0) is 19.9. The Morgan fingerprint density at radius 3 is 2.32 bits per heavy atom. The standard InChI is InChI=1S/C22H27N5O/c1-4-26(5-2)14-18-6-8-20(9-7-18)22(28)25-17(3)19-10-12-21(13-11-19)27-16-23-15-24-27/h6-13,15-17H,4-5,14H2,1-3H3,(H,25,28). The highest BCUT2D eigenvalue weighted by Gasteiger charge is 2.12. The molecular formula is C22H27N5O. The molecule has 0 saturated heterocycles. The molecule has 0 aliphatic carbocycles. The molecule has 3 aromatic rings. The lowest BCUT2D eigenvalue weighted by atomic mass is 10.1. The maximum atomic E-state index is 12.6. The van der Waals surface area contributed by atoms with Gasteiger partial charge in [-0.3, -0.25) is 9.69 Å². The van der Waals surface area contributed by atoms with Crippen molar-refractivity contribution in [2.75, 3.05) is 13.1 Å². The third-order valence-corrected chi connectivity index (χ3v) is 4.94. The van der Waals surface area contributed by atoms with Gasteiger partial charge in [0.2, 0.25) is 0 Å². The molecule has 1 atom stereocenters. The number of nitrogens with one attached hydrogen (secondary N) is 1. The van der Waals surface area contributed by atoms with Gasteiger partial charge in [-0.1, -0.05) is 38.1 Å². The molecule has 6 nitrogen and oxygen atoms in total. The molecule has 1 unspecified atom stereocenters. The minimum atomic E-state index is -0.0901. The van der Waals surface area contributed by atoms with Crippen LogP contribution in [0, 0.1) is 0 Å². The highest BCUT2D eigenvalue weighted by Crippen LogP contribution is 2.16. The molecular weight excluding hydrogens is 350 g/mol. The zero-order valence-corrected chi connectivity index (χ0v) is 16.7. The molecule has 146 valence electrons. The van der Waals surface area contributed by atoms with Crippen molar-refractivity contribution in [1.82, 2.24) is 25.0 Å². The second kappa shape index (κ2) is 9.28. The molecule has 6 heteroatoms. The smallest absolute Gasteiger partial charge is 0.251 e. The minimum absolute atomic E-state index is 0.0674. The summed E-state index contributed by atoms with van der Waals surface area (Å²) in [5, 5.41) is 7.18. The molecule has 0 spiro atoms.